The summed E-state index contributed by atoms with van der Waals surface area (Å²) < 4.78 is 35.8. The number of piperidine rings is 1. The maximum Gasteiger partial charge on any atom is 0.284 e. The number of nitrogens with zero attached hydrogens (tertiary/aromatic N) is 7. The number of hydrogen-bond donors (Lipinski definition) is 3. The fourth-order valence-electron chi connectivity index (χ4n) is 9.87. The normalized spacial score (nSPS) is 24.5. The van der Waals surface area contributed by atoms with E-state index in [9.17, 15) is 32.8 Å². The zero-order chi connectivity index (χ0) is 43.1. The summed E-state index contributed by atoms with van der Waals surface area (Å²) in [5.74, 6) is -1.52. The summed E-state index contributed by atoms with van der Waals surface area (Å²) >= 11 is 0. The Morgan fingerprint density at radius 1 is 0.935 bits per heavy atom. The summed E-state index contributed by atoms with van der Waals surface area (Å²) in [5.41, 5.74) is 1.78. The van der Waals surface area contributed by atoms with Gasteiger partial charge in [-0.1, -0.05) is 6.07 Å². The zero-order valence-corrected chi connectivity index (χ0v) is 34.5. The van der Waals surface area contributed by atoms with Gasteiger partial charge in [-0.15, -0.1) is 0 Å². The predicted octanol–water partition coefficient (Wildman–Crippen LogP) is 5.34. The first kappa shape index (κ1) is 41.5. The molecule has 16 nitrogen and oxygen atoms in total. The monoisotopic (exact) mass is 852 g/mol. The van der Waals surface area contributed by atoms with Gasteiger partial charge < -0.3 is 25.2 Å². The number of amides is 5. The van der Waals surface area contributed by atoms with Crippen molar-refractivity contribution >= 4 is 57.8 Å². The first-order chi connectivity index (χ1) is 30.0. The second kappa shape index (κ2) is 17.5. The van der Waals surface area contributed by atoms with Crippen molar-refractivity contribution in [1.29, 1.82) is 0 Å². The van der Waals surface area contributed by atoms with Crippen LogP contribution < -0.4 is 20.9 Å². The molecule has 0 radical (unpaired) electrons. The van der Waals surface area contributed by atoms with Crippen molar-refractivity contribution in [1.82, 2.24) is 34.9 Å². The number of imide groups is 2. The van der Waals surface area contributed by atoms with Crippen LogP contribution in [0.15, 0.2) is 48.8 Å². The van der Waals surface area contributed by atoms with Gasteiger partial charge in [-0.05, 0) is 101 Å². The summed E-state index contributed by atoms with van der Waals surface area (Å²) in [7, 11) is 2.16. The number of morpholine rings is 1. The minimum absolute atomic E-state index is 0.0165. The van der Waals surface area contributed by atoms with Crippen LogP contribution in [0.1, 0.15) is 113 Å². The summed E-state index contributed by atoms with van der Waals surface area (Å²) in [4.78, 5) is 79.4. The molecular weight excluding hydrogens is 803 g/mol. The van der Waals surface area contributed by atoms with E-state index in [-0.39, 0.29) is 47.3 Å². The molecule has 3 aromatic heterocycles. The van der Waals surface area contributed by atoms with Gasteiger partial charge in [-0.2, -0.15) is 5.10 Å². The SMILES string of the molecule is CN(C[C@H]1CC[C@H](n2cc(NC(=O)c3ccnc4ccc(N5CCOCC5)nc34)c(C(F)F)n2)CC1)C1CCC(Nc2cccc3c2C(=O)N(C2CCC(=O)NC2=O)C3=O)CC1. The Morgan fingerprint density at radius 2 is 1.71 bits per heavy atom. The molecule has 5 aliphatic rings. The number of nitrogens with one attached hydrogen (secondary N) is 3. The van der Waals surface area contributed by atoms with Crippen LogP contribution in [0.5, 0.6) is 0 Å². The highest BCUT2D eigenvalue weighted by Gasteiger charge is 2.46. The molecule has 0 bridgehead atoms. The maximum absolute atomic E-state index is 14.3. The number of rotatable bonds is 11. The van der Waals surface area contributed by atoms with E-state index >= 15 is 0 Å². The van der Waals surface area contributed by atoms with E-state index < -0.39 is 47.7 Å². The fourth-order valence-corrected chi connectivity index (χ4v) is 9.87. The van der Waals surface area contributed by atoms with Crippen LogP contribution in [-0.2, 0) is 14.3 Å². The van der Waals surface area contributed by atoms with E-state index in [0.717, 1.165) is 62.8 Å². The third-order valence-corrected chi connectivity index (χ3v) is 13.2. The third kappa shape index (κ3) is 8.24. The molecular formula is C44H50F2N10O6. The van der Waals surface area contributed by atoms with Crippen molar-refractivity contribution in [2.45, 2.75) is 94.8 Å². The van der Waals surface area contributed by atoms with Gasteiger partial charge in [0, 0.05) is 56.2 Å². The van der Waals surface area contributed by atoms with Crippen LogP contribution in [-0.4, -0.2) is 117 Å². The highest BCUT2D eigenvalue weighted by Crippen LogP contribution is 2.38. The summed E-state index contributed by atoms with van der Waals surface area (Å²) in [5, 5.41) is 12.8. The second-order valence-electron chi connectivity index (χ2n) is 17.1. The molecule has 326 valence electrons. The number of fused-ring (bicyclic) bond motifs is 2. The maximum atomic E-state index is 14.3. The Labute approximate surface area is 356 Å². The highest BCUT2D eigenvalue weighted by atomic mass is 19.3. The smallest absolute Gasteiger partial charge is 0.284 e. The molecule has 0 spiro atoms. The number of carbonyl (C=O) groups excluding carboxylic acids is 5. The molecule has 62 heavy (non-hydrogen) atoms. The Kier molecular flexibility index (Phi) is 11.7. The molecule has 6 heterocycles. The quantitative estimate of drug-likeness (QED) is 0.165. The number of carbonyl (C=O) groups is 5. The van der Waals surface area contributed by atoms with Crippen molar-refractivity contribution in [3.63, 3.8) is 0 Å². The number of benzene rings is 1. The molecule has 1 atom stereocenters. The molecule has 9 rings (SSSR count). The molecule has 2 aliphatic carbocycles. The molecule has 2 saturated carbocycles. The molecule has 1 aromatic carbocycles. The first-order valence-electron chi connectivity index (χ1n) is 21.6. The van der Waals surface area contributed by atoms with Crippen LogP contribution >= 0.6 is 0 Å². The number of aromatic nitrogens is 4. The molecule has 18 heteroatoms. The number of pyridine rings is 2. The lowest BCUT2D eigenvalue weighted by Crippen LogP contribution is -2.54. The van der Waals surface area contributed by atoms with Crippen LogP contribution in [0.4, 0.5) is 26.0 Å². The molecule has 2 saturated heterocycles. The molecule has 3 N–H and O–H groups in total. The van der Waals surface area contributed by atoms with E-state index in [1.165, 1.54) is 12.4 Å². The topological polar surface area (TPSA) is 184 Å². The van der Waals surface area contributed by atoms with Crippen molar-refractivity contribution in [2.24, 2.45) is 5.92 Å². The molecule has 4 aromatic rings. The number of alkyl halides is 2. The summed E-state index contributed by atoms with van der Waals surface area (Å²) in [6.45, 7) is 3.41. The van der Waals surface area contributed by atoms with Gasteiger partial charge in [0.05, 0.1) is 47.2 Å². The molecule has 4 fully saturated rings. The number of ether oxygens (including phenoxy) is 1. The number of hydrogen-bond acceptors (Lipinski definition) is 12. The lowest BCUT2D eigenvalue weighted by atomic mass is 9.84. The van der Waals surface area contributed by atoms with E-state index in [0.29, 0.717) is 60.8 Å². The summed E-state index contributed by atoms with van der Waals surface area (Å²) in [6.07, 6.45) is 7.37. The average molecular weight is 853 g/mol. The standard InChI is InChI=1S/C44H50F2N10O6/c1-53(27-11-7-26(8-12-27)48-31-4-2-3-29-37(31)44(61)56(43(29)60)34-14-16-36(57)51-42(34)59)23-25-5-9-28(10-6-25)55-24-33(39(52-55)40(45)46)49-41(58)30-17-18-47-32-13-15-35(50-38(30)32)54-19-21-62-22-20-54/h2-4,13,15,17-18,24-28,34,40,48H,5-12,14,16,19-23H2,1H3,(H,49,58)(H,51,57,59)/t25-,26?,27?,28-,34?. The Balaban J connectivity index is 0.774. The lowest BCUT2D eigenvalue weighted by molar-refractivity contribution is -0.136. The van der Waals surface area contributed by atoms with Gasteiger partial charge in [0.15, 0.2) is 5.69 Å². The van der Waals surface area contributed by atoms with E-state index in [2.05, 4.69) is 42.9 Å². The molecule has 1 unspecified atom stereocenters. The second-order valence-corrected chi connectivity index (χ2v) is 17.1. The van der Waals surface area contributed by atoms with Gasteiger partial charge in [0.2, 0.25) is 11.8 Å². The largest absolute Gasteiger partial charge is 0.382 e. The minimum Gasteiger partial charge on any atom is -0.382 e. The van der Waals surface area contributed by atoms with Gasteiger partial charge in [0.25, 0.3) is 24.1 Å². The van der Waals surface area contributed by atoms with Crippen molar-refractivity contribution < 1.29 is 37.5 Å². The first-order valence-corrected chi connectivity index (χ1v) is 21.6. The predicted molar refractivity (Wildman–Crippen MR) is 224 cm³/mol. The average Bonchev–Trinajstić information content (AvgIpc) is 3.82. The van der Waals surface area contributed by atoms with E-state index in [1.807, 2.05) is 6.07 Å². The van der Waals surface area contributed by atoms with Crippen LogP contribution in [0.2, 0.25) is 0 Å². The van der Waals surface area contributed by atoms with E-state index in [1.54, 1.807) is 35.0 Å². The van der Waals surface area contributed by atoms with Gasteiger partial charge in [0.1, 0.15) is 17.4 Å². The fraction of sp³-hybridized carbons (Fsp3) is 0.500. The molecule has 5 amide bonds. The van der Waals surface area contributed by atoms with Crippen LogP contribution in [0, 0.1) is 5.92 Å². The van der Waals surface area contributed by atoms with Gasteiger partial charge in [-0.3, -0.25) is 43.9 Å². The third-order valence-electron chi connectivity index (χ3n) is 13.2. The van der Waals surface area contributed by atoms with Crippen molar-refractivity contribution in [3.05, 3.63) is 71.2 Å². The minimum atomic E-state index is -2.88. The van der Waals surface area contributed by atoms with Crippen LogP contribution in [0.25, 0.3) is 11.0 Å². The van der Waals surface area contributed by atoms with Gasteiger partial charge >= 0.3 is 0 Å². The van der Waals surface area contributed by atoms with Crippen LogP contribution in [0.3, 0.4) is 0 Å². The van der Waals surface area contributed by atoms with Crippen molar-refractivity contribution in [3.8, 4) is 0 Å². The van der Waals surface area contributed by atoms with Gasteiger partial charge in [-0.25, -0.2) is 13.8 Å². The Morgan fingerprint density at radius 3 is 2.45 bits per heavy atom. The van der Waals surface area contributed by atoms with Crippen molar-refractivity contribution in [2.75, 3.05) is 55.4 Å². The number of halogens is 2. The zero-order valence-electron chi connectivity index (χ0n) is 34.5. The lowest BCUT2D eigenvalue weighted by Gasteiger charge is -2.38. The molecule has 3 aliphatic heterocycles. The highest BCUT2D eigenvalue weighted by molar-refractivity contribution is 6.25. The summed E-state index contributed by atoms with van der Waals surface area (Å²) in [6, 6.07) is 9.74. The van der Waals surface area contributed by atoms with E-state index in [4.69, 9.17) is 9.72 Å². The number of anilines is 3. The Hall–Kier alpha value is -5.88. The Bertz CT molecular complexity index is 2390.